The molecule has 0 bridgehead atoms. The third kappa shape index (κ3) is 3.43. The number of aliphatic carboxylic acids is 1. The van der Waals surface area contributed by atoms with Crippen LogP contribution in [0, 0.1) is 23.0 Å². The van der Waals surface area contributed by atoms with Crippen LogP contribution in [-0.4, -0.2) is 22.0 Å². The van der Waals surface area contributed by atoms with Gasteiger partial charge in [0.05, 0.1) is 11.3 Å². The molecule has 1 unspecified atom stereocenters. The van der Waals surface area contributed by atoms with Crippen LogP contribution in [0.4, 0.5) is 11.4 Å². The normalized spacial score (nSPS) is 15.8. The second-order valence-electron chi connectivity index (χ2n) is 4.94. The first-order valence-electron chi connectivity index (χ1n) is 6.20. The Labute approximate surface area is 110 Å². The monoisotopic (exact) mass is 264 g/mol. The van der Waals surface area contributed by atoms with Gasteiger partial charge in [-0.1, -0.05) is 6.07 Å². The Bertz CT molecular complexity index is 511. The molecule has 1 aromatic carbocycles. The van der Waals surface area contributed by atoms with E-state index in [0.717, 1.165) is 18.4 Å². The van der Waals surface area contributed by atoms with Crippen molar-refractivity contribution in [1.29, 1.82) is 0 Å². The maximum atomic E-state index is 10.8. The molecule has 1 aliphatic rings. The number of carboxylic acids is 1. The molecule has 1 atom stereocenters. The number of benzene rings is 1. The number of nitro groups is 1. The molecule has 1 aliphatic carbocycles. The van der Waals surface area contributed by atoms with Gasteiger partial charge < -0.3 is 10.4 Å². The number of hydrogen-bond donors (Lipinski definition) is 2. The summed E-state index contributed by atoms with van der Waals surface area (Å²) in [4.78, 5) is 21.2. The van der Waals surface area contributed by atoms with Gasteiger partial charge in [-0.15, -0.1) is 0 Å². The molecule has 102 valence electrons. The third-order valence-electron chi connectivity index (χ3n) is 3.36. The molecule has 0 saturated heterocycles. The average molecular weight is 264 g/mol. The summed E-state index contributed by atoms with van der Waals surface area (Å²) in [6.45, 7) is 1.84. The van der Waals surface area contributed by atoms with E-state index in [1.165, 1.54) is 12.1 Å². The Morgan fingerprint density at radius 1 is 1.58 bits per heavy atom. The van der Waals surface area contributed by atoms with Crippen LogP contribution in [-0.2, 0) is 4.79 Å². The highest BCUT2D eigenvalue weighted by molar-refractivity contribution is 5.69. The molecule has 0 radical (unpaired) electrons. The zero-order chi connectivity index (χ0) is 14.0. The van der Waals surface area contributed by atoms with Gasteiger partial charge in [0.25, 0.3) is 5.69 Å². The van der Waals surface area contributed by atoms with E-state index in [9.17, 15) is 14.9 Å². The molecule has 1 fully saturated rings. The van der Waals surface area contributed by atoms with Crippen molar-refractivity contribution in [2.45, 2.75) is 32.2 Å². The summed E-state index contributed by atoms with van der Waals surface area (Å²) in [5.41, 5.74) is 1.53. The maximum Gasteiger partial charge on any atom is 0.305 e. The fourth-order valence-corrected chi connectivity index (χ4v) is 2.10. The number of aryl methyl sites for hydroxylation is 1. The molecule has 0 aromatic heterocycles. The number of non-ortho nitro benzene ring substituents is 1. The van der Waals surface area contributed by atoms with Crippen LogP contribution in [0.1, 0.15) is 24.8 Å². The number of hydrogen-bond acceptors (Lipinski definition) is 4. The van der Waals surface area contributed by atoms with Crippen molar-refractivity contribution in [3.63, 3.8) is 0 Å². The first-order valence-corrected chi connectivity index (χ1v) is 6.20. The van der Waals surface area contributed by atoms with E-state index in [1.54, 1.807) is 6.07 Å². The molecule has 0 aliphatic heterocycles. The molecule has 0 spiro atoms. The zero-order valence-corrected chi connectivity index (χ0v) is 10.6. The minimum absolute atomic E-state index is 0.0120. The molecule has 2 N–H and O–H groups in total. The van der Waals surface area contributed by atoms with Gasteiger partial charge in [0.15, 0.2) is 0 Å². The SMILES string of the molecule is Cc1ccc([N+](=O)[O-])cc1NC(CC(=O)O)C1CC1. The van der Waals surface area contributed by atoms with E-state index in [4.69, 9.17) is 5.11 Å². The average Bonchev–Trinajstić information content (AvgIpc) is 3.14. The summed E-state index contributed by atoms with van der Waals surface area (Å²) in [5.74, 6) is -0.498. The van der Waals surface area contributed by atoms with Crippen molar-refractivity contribution in [3.05, 3.63) is 33.9 Å². The highest BCUT2D eigenvalue weighted by Gasteiger charge is 2.33. The van der Waals surface area contributed by atoms with Crippen LogP contribution in [0.15, 0.2) is 18.2 Å². The molecule has 6 heteroatoms. The molecule has 19 heavy (non-hydrogen) atoms. The van der Waals surface area contributed by atoms with Gasteiger partial charge in [-0.3, -0.25) is 14.9 Å². The molecule has 0 heterocycles. The predicted molar refractivity (Wildman–Crippen MR) is 70.2 cm³/mol. The lowest BCUT2D eigenvalue weighted by Crippen LogP contribution is -2.25. The van der Waals surface area contributed by atoms with Crippen molar-refractivity contribution in [2.75, 3.05) is 5.32 Å². The second-order valence-corrected chi connectivity index (χ2v) is 4.94. The van der Waals surface area contributed by atoms with E-state index in [0.29, 0.717) is 11.6 Å². The Hall–Kier alpha value is -2.11. The highest BCUT2D eigenvalue weighted by atomic mass is 16.6. The Morgan fingerprint density at radius 3 is 2.79 bits per heavy atom. The van der Waals surface area contributed by atoms with Gasteiger partial charge >= 0.3 is 5.97 Å². The number of rotatable bonds is 6. The molecule has 0 amide bonds. The zero-order valence-electron chi connectivity index (χ0n) is 10.6. The lowest BCUT2D eigenvalue weighted by Gasteiger charge is -2.19. The van der Waals surface area contributed by atoms with Crippen LogP contribution in [0.5, 0.6) is 0 Å². The van der Waals surface area contributed by atoms with Gasteiger partial charge in [0, 0.05) is 23.9 Å². The summed E-state index contributed by atoms with van der Waals surface area (Å²) in [6.07, 6.45) is 2.06. The summed E-state index contributed by atoms with van der Waals surface area (Å²) in [6, 6.07) is 4.43. The van der Waals surface area contributed by atoms with E-state index in [-0.39, 0.29) is 18.2 Å². The van der Waals surface area contributed by atoms with E-state index < -0.39 is 10.9 Å². The summed E-state index contributed by atoms with van der Waals surface area (Å²) in [5, 5.41) is 22.8. The van der Waals surface area contributed by atoms with Gasteiger partial charge in [-0.2, -0.15) is 0 Å². The van der Waals surface area contributed by atoms with Crippen molar-refractivity contribution >= 4 is 17.3 Å². The molecule has 2 rings (SSSR count). The Morgan fingerprint density at radius 2 is 2.26 bits per heavy atom. The van der Waals surface area contributed by atoms with E-state index in [1.807, 2.05) is 6.92 Å². The van der Waals surface area contributed by atoms with Crippen LogP contribution in [0.25, 0.3) is 0 Å². The predicted octanol–water partition coefficient (Wildman–Crippen LogP) is 2.57. The molecule has 1 saturated carbocycles. The van der Waals surface area contributed by atoms with Gasteiger partial charge in [-0.25, -0.2) is 0 Å². The highest BCUT2D eigenvalue weighted by Crippen LogP contribution is 2.36. The van der Waals surface area contributed by atoms with Crippen LogP contribution in [0.3, 0.4) is 0 Å². The Balaban J connectivity index is 2.17. The van der Waals surface area contributed by atoms with E-state index >= 15 is 0 Å². The van der Waals surface area contributed by atoms with Gasteiger partial charge in [0.1, 0.15) is 0 Å². The largest absolute Gasteiger partial charge is 0.481 e. The molecular formula is C13H16N2O4. The van der Waals surface area contributed by atoms with Crippen molar-refractivity contribution < 1.29 is 14.8 Å². The van der Waals surface area contributed by atoms with Crippen molar-refractivity contribution in [2.24, 2.45) is 5.92 Å². The second kappa shape index (κ2) is 5.26. The van der Waals surface area contributed by atoms with Crippen LogP contribution >= 0.6 is 0 Å². The Kier molecular flexibility index (Phi) is 3.69. The summed E-state index contributed by atoms with van der Waals surface area (Å²) in [7, 11) is 0. The number of nitro benzene ring substituents is 1. The quantitative estimate of drug-likeness (QED) is 0.608. The standard InChI is InChI=1S/C13H16N2O4/c1-8-2-5-10(15(18)19)6-11(8)14-12(7-13(16)17)9-3-4-9/h2,5-6,9,12,14H,3-4,7H2,1H3,(H,16,17). The van der Waals surface area contributed by atoms with Crippen molar-refractivity contribution in [1.82, 2.24) is 0 Å². The summed E-state index contributed by atoms with van der Waals surface area (Å²) < 4.78 is 0. The first-order chi connectivity index (χ1) is 8.97. The van der Waals surface area contributed by atoms with Crippen LogP contribution in [0.2, 0.25) is 0 Å². The number of carboxylic acid groups (broad SMARTS) is 1. The fraction of sp³-hybridized carbons (Fsp3) is 0.462. The van der Waals surface area contributed by atoms with Gasteiger partial charge in [-0.05, 0) is 31.2 Å². The topological polar surface area (TPSA) is 92.5 Å². The maximum absolute atomic E-state index is 10.8. The molecule has 6 nitrogen and oxygen atoms in total. The lowest BCUT2D eigenvalue weighted by atomic mass is 10.1. The third-order valence-corrected chi connectivity index (χ3v) is 3.36. The van der Waals surface area contributed by atoms with Crippen LogP contribution < -0.4 is 5.32 Å². The van der Waals surface area contributed by atoms with Gasteiger partial charge in [0.2, 0.25) is 0 Å². The minimum Gasteiger partial charge on any atom is -0.481 e. The number of nitrogens with zero attached hydrogens (tertiary/aromatic N) is 1. The molecular weight excluding hydrogens is 248 g/mol. The van der Waals surface area contributed by atoms with Crippen molar-refractivity contribution in [3.8, 4) is 0 Å². The number of carbonyl (C=O) groups is 1. The lowest BCUT2D eigenvalue weighted by molar-refractivity contribution is -0.384. The fourth-order valence-electron chi connectivity index (χ4n) is 2.10. The summed E-state index contributed by atoms with van der Waals surface area (Å²) >= 11 is 0. The number of anilines is 1. The number of nitrogens with one attached hydrogen (secondary N) is 1. The van der Waals surface area contributed by atoms with E-state index in [2.05, 4.69) is 5.32 Å². The molecule has 1 aromatic rings. The minimum atomic E-state index is -0.854. The smallest absolute Gasteiger partial charge is 0.305 e. The first kappa shape index (κ1) is 13.3.